The minimum Gasteiger partial charge on any atom is -0.324 e. The molecule has 0 radical (unpaired) electrons. The summed E-state index contributed by atoms with van der Waals surface area (Å²) < 4.78 is 0. The quantitative estimate of drug-likeness (QED) is 0.632. The summed E-state index contributed by atoms with van der Waals surface area (Å²) in [5.41, 5.74) is 4.91. The number of rotatable bonds is 2. The highest BCUT2D eigenvalue weighted by atomic mass is 15.3. The minimum atomic E-state index is 0.0662. The van der Waals surface area contributed by atoms with Crippen LogP contribution < -0.4 is 4.90 Å². The molecule has 0 amide bonds. The van der Waals surface area contributed by atoms with Gasteiger partial charge in [-0.2, -0.15) is 5.26 Å². The molecule has 0 saturated heterocycles. The molecule has 2 aromatic carbocycles. The maximum atomic E-state index is 9.19. The van der Waals surface area contributed by atoms with E-state index in [-0.39, 0.29) is 11.5 Å². The Morgan fingerprint density at radius 1 is 1.11 bits per heavy atom. The van der Waals surface area contributed by atoms with Gasteiger partial charge in [0.25, 0.3) is 0 Å². The Morgan fingerprint density at radius 2 is 1.86 bits per heavy atom. The van der Waals surface area contributed by atoms with Crippen molar-refractivity contribution in [1.82, 2.24) is 4.98 Å². The second kappa shape index (κ2) is 6.76. The van der Waals surface area contributed by atoms with E-state index in [2.05, 4.69) is 74.0 Å². The van der Waals surface area contributed by atoms with Crippen molar-refractivity contribution in [2.24, 2.45) is 10.4 Å². The monoisotopic (exact) mass is 368 g/mol. The molecule has 0 saturated carbocycles. The number of pyridine rings is 1. The number of benzene rings is 2. The third-order valence-electron chi connectivity index (χ3n) is 5.32. The van der Waals surface area contributed by atoms with E-state index in [9.17, 15) is 5.26 Å². The number of fused-ring (bicyclic) bond motifs is 1. The van der Waals surface area contributed by atoms with E-state index >= 15 is 0 Å². The molecule has 0 bridgehead atoms. The standard InChI is InChI=1S/C24H24N4/c1-16-8-10-19(11-9-16)28-15-21(24(2,3)4)27-23(28)20-7-5-6-18-12-17(13-25)14-26-22(18)20/h5-12,14,21H,15H2,1-4H3. The van der Waals surface area contributed by atoms with Gasteiger partial charge in [-0.15, -0.1) is 0 Å². The zero-order chi connectivity index (χ0) is 19.9. The predicted octanol–water partition coefficient (Wildman–Crippen LogP) is 5.10. The van der Waals surface area contributed by atoms with Crippen molar-refractivity contribution in [3.8, 4) is 6.07 Å². The van der Waals surface area contributed by atoms with Gasteiger partial charge in [0.2, 0.25) is 0 Å². The SMILES string of the molecule is Cc1ccc(N2CC(C(C)(C)C)N=C2c2cccc3cc(C#N)cnc23)cc1. The van der Waals surface area contributed by atoms with Gasteiger partial charge in [0.05, 0.1) is 17.1 Å². The molecule has 0 N–H and O–H groups in total. The van der Waals surface area contributed by atoms with Crippen LogP contribution in [0.25, 0.3) is 10.9 Å². The van der Waals surface area contributed by atoms with Crippen LogP contribution in [0.1, 0.15) is 37.5 Å². The fraction of sp³-hybridized carbons (Fsp3) is 0.292. The number of amidine groups is 1. The predicted molar refractivity (Wildman–Crippen MR) is 115 cm³/mol. The number of hydrogen-bond donors (Lipinski definition) is 0. The van der Waals surface area contributed by atoms with Gasteiger partial charge in [-0.3, -0.25) is 9.98 Å². The van der Waals surface area contributed by atoms with E-state index in [0.717, 1.165) is 34.5 Å². The maximum Gasteiger partial charge on any atom is 0.138 e. The number of hydrogen-bond acceptors (Lipinski definition) is 4. The Hall–Kier alpha value is -3.19. The first kappa shape index (κ1) is 18.2. The van der Waals surface area contributed by atoms with Gasteiger partial charge in [0.1, 0.15) is 11.9 Å². The topological polar surface area (TPSA) is 52.3 Å². The average molecular weight is 368 g/mol. The summed E-state index contributed by atoms with van der Waals surface area (Å²) >= 11 is 0. The van der Waals surface area contributed by atoms with Gasteiger partial charge in [-0.25, -0.2) is 0 Å². The second-order valence-corrected chi connectivity index (χ2v) is 8.49. The van der Waals surface area contributed by atoms with Crippen molar-refractivity contribution in [3.05, 3.63) is 71.4 Å². The number of aromatic nitrogens is 1. The van der Waals surface area contributed by atoms with Crippen LogP contribution in [0.2, 0.25) is 0 Å². The van der Waals surface area contributed by atoms with Crippen molar-refractivity contribution in [3.63, 3.8) is 0 Å². The summed E-state index contributed by atoms with van der Waals surface area (Å²) in [5, 5.41) is 10.2. The summed E-state index contributed by atoms with van der Waals surface area (Å²) in [7, 11) is 0. The van der Waals surface area contributed by atoms with Gasteiger partial charge in [0, 0.05) is 29.4 Å². The van der Waals surface area contributed by atoms with Crippen LogP contribution in [-0.2, 0) is 0 Å². The second-order valence-electron chi connectivity index (χ2n) is 8.49. The van der Waals surface area contributed by atoms with Crippen LogP contribution >= 0.6 is 0 Å². The van der Waals surface area contributed by atoms with Crippen LogP contribution in [0.15, 0.2) is 59.7 Å². The highest BCUT2D eigenvalue weighted by molar-refractivity contribution is 6.17. The lowest BCUT2D eigenvalue weighted by Gasteiger charge is -2.26. The molecule has 0 spiro atoms. The molecule has 1 atom stereocenters. The molecule has 2 heterocycles. The van der Waals surface area contributed by atoms with Crippen molar-refractivity contribution in [1.29, 1.82) is 5.26 Å². The Balaban J connectivity index is 1.87. The first-order valence-corrected chi connectivity index (χ1v) is 9.58. The molecule has 3 aromatic rings. The molecule has 0 aliphatic carbocycles. The molecule has 4 heteroatoms. The van der Waals surface area contributed by atoms with Crippen LogP contribution in [0.5, 0.6) is 0 Å². The lowest BCUT2D eigenvalue weighted by molar-refractivity contribution is 0.337. The van der Waals surface area contributed by atoms with Gasteiger partial charge >= 0.3 is 0 Å². The number of nitrogens with zero attached hydrogens (tertiary/aromatic N) is 4. The number of para-hydroxylation sites is 1. The minimum absolute atomic E-state index is 0.0662. The molecule has 1 aromatic heterocycles. The van der Waals surface area contributed by atoms with Gasteiger partial charge in [0.15, 0.2) is 0 Å². The number of aryl methyl sites for hydroxylation is 1. The summed E-state index contributed by atoms with van der Waals surface area (Å²) in [5.74, 6) is 0.951. The van der Waals surface area contributed by atoms with Gasteiger partial charge in [-0.05, 0) is 36.6 Å². The Labute approximate surface area is 166 Å². The lowest BCUT2D eigenvalue weighted by atomic mass is 9.87. The van der Waals surface area contributed by atoms with Crippen LogP contribution in [0.4, 0.5) is 5.69 Å². The molecule has 140 valence electrons. The summed E-state index contributed by atoms with van der Waals surface area (Å²) in [4.78, 5) is 12.0. The molecule has 1 unspecified atom stereocenters. The van der Waals surface area contributed by atoms with Crippen LogP contribution in [0, 0.1) is 23.7 Å². The largest absolute Gasteiger partial charge is 0.324 e. The number of nitriles is 1. The zero-order valence-corrected chi connectivity index (χ0v) is 16.8. The third kappa shape index (κ3) is 3.25. The fourth-order valence-electron chi connectivity index (χ4n) is 3.55. The molecule has 1 aliphatic heterocycles. The first-order chi connectivity index (χ1) is 13.4. The molecular formula is C24H24N4. The van der Waals surface area contributed by atoms with Crippen molar-refractivity contribution < 1.29 is 0 Å². The molecule has 4 rings (SSSR count). The van der Waals surface area contributed by atoms with E-state index in [1.165, 1.54) is 5.56 Å². The van der Waals surface area contributed by atoms with E-state index in [1.807, 2.05) is 18.2 Å². The molecular weight excluding hydrogens is 344 g/mol. The number of anilines is 1. The van der Waals surface area contributed by atoms with Crippen molar-refractivity contribution >= 4 is 22.4 Å². The molecule has 1 aliphatic rings. The van der Waals surface area contributed by atoms with Gasteiger partial charge in [-0.1, -0.05) is 50.6 Å². The highest BCUT2D eigenvalue weighted by Gasteiger charge is 2.35. The summed E-state index contributed by atoms with van der Waals surface area (Å²) in [6.45, 7) is 9.64. The first-order valence-electron chi connectivity index (χ1n) is 9.58. The van der Waals surface area contributed by atoms with Crippen LogP contribution in [-0.4, -0.2) is 23.4 Å². The Morgan fingerprint density at radius 3 is 2.54 bits per heavy atom. The molecule has 28 heavy (non-hydrogen) atoms. The average Bonchev–Trinajstić information content (AvgIpc) is 3.13. The van der Waals surface area contributed by atoms with E-state index < -0.39 is 0 Å². The lowest BCUT2D eigenvalue weighted by Crippen LogP contribution is -2.34. The zero-order valence-electron chi connectivity index (χ0n) is 16.8. The normalized spacial score (nSPS) is 16.9. The van der Waals surface area contributed by atoms with Crippen molar-refractivity contribution in [2.75, 3.05) is 11.4 Å². The van der Waals surface area contributed by atoms with E-state index in [1.54, 1.807) is 6.20 Å². The Bertz CT molecular complexity index is 1100. The smallest absolute Gasteiger partial charge is 0.138 e. The third-order valence-corrected chi connectivity index (χ3v) is 5.32. The Kier molecular flexibility index (Phi) is 4.39. The molecule has 0 fully saturated rings. The van der Waals surface area contributed by atoms with Crippen molar-refractivity contribution in [2.45, 2.75) is 33.7 Å². The fourth-order valence-corrected chi connectivity index (χ4v) is 3.55. The summed E-state index contributed by atoms with van der Waals surface area (Å²) in [6.07, 6.45) is 1.64. The maximum absolute atomic E-state index is 9.19. The van der Waals surface area contributed by atoms with Gasteiger partial charge < -0.3 is 4.90 Å². The number of aliphatic imine (C=N–C) groups is 1. The summed E-state index contributed by atoms with van der Waals surface area (Å²) in [6, 6.07) is 18.9. The highest BCUT2D eigenvalue weighted by Crippen LogP contribution is 2.33. The molecule has 4 nitrogen and oxygen atoms in total. The van der Waals surface area contributed by atoms with E-state index in [4.69, 9.17) is 4.99 Å². The van der Waals surface area contributed by atoms with E-state index in [0.29, 0.717) is 5.56 Å². The van der Waals surface area contributed by atoms with Crippen LogP contribution in [0.3, 0.4) is 0 Å².